The van der Waals surface area contributed by atoms with Gasteiger partial charge in [-0.2, -0.15) is 4.31 Å². The maximum absolute atomic E-state index is 12.8. The van der Waals surface area contributed by atoms with Crippen LogP contribution in [0.3, 0.4) is 0 Å². The Morgan fingerprint density at radius 1 is 1.48 bits per heavy atom. The van der Waals surface area contributed by atoms with Gasteiger partial charge in [0.1, 0.15) is 4.90 Å². The zero-order valence-corrected chi connectivity index (χ0v) is 14.5. The van der Waals surface area contributed by atoms with Crippen molar-refractivity contribution >= 4 is 31.8 Å². The number of nitrogens with two attached hydrogens (primary N) is 1. The Labute approximate surface area is 133 Å². The summed E-state index contributed by atoms with van der Waals surface area (Å²) in [6.45, 7) is 1.78. The molecule has 0 radical (unpaired) electrons. The molecular weight excluding hydrogens is 358 g/mol. The number of nitrogens with one attached hydrogen (secondary N) is 1. The van der Waals surface area contributed by atoms with Gasteiger partial charge >= 0.3 is 0 Å². The number of likely N-dealkylation sites (tertiary alicyclic amines) is 1. The van der Waals surface area contributed by atoms with Crippen LogP contribution in [0.25, 0.3) is 0 Å². The Kier molecular flexibility index (Phi) is 5.20. The topological polar surface area (TPSA) is 91.6 Å². The van der Waals surface area contributed by atoms with Gasteiger partial charge in [0, 0.05) is 23.8 Å². The quantitative estimate of drug-likeness (QED) is 0.596. The average molecular weight is 378 g/mol. The number of sulfonamides is 1. The van der Waals surface area contributed by atoms with Crippen LogP contribution in [-0.4, -0.2) is 55.8 Å². The van der Waals surface area contributed by atoms with Crippen LogP contribution >= 0.6 is 15.9 Å². The van der Waals surface area contributed by atoms with E-state index in [1.807, 2.05) is 7.05 Å². The molecule has 9 heteroatoms. The van der Waals surface area contributed by atoms with Crippen molar-refractivity contribution in [2.75, 3.05) is 32.6 Å². The van der Waals surface area contributed by atoms with Gasteiger partial charge in [-0.1, -0.05) is 0 Å². The Balaban J connectivity index is 2.31. The minimum absolute atomic E-state index is 0.00388. The van der Waals surface area contributed by atoms with E-state index in [1.165, 1.54) is 16.6 Å². The van der Waals surface area contributed by atoms with Crippen molar-refractivity contribution in [1.29, 1.82) is 0 Å². The summed E-state index contributed by atoms with van der Waals surface area (Å²) in [7, 11) is 0.0171. The first kappa shape index (κ1) is 16.6. The van der Waals surface area contributed by atoms with E-state index < -0.39 is 10.0 Å². The number of piperidine rings is 1. The summed E-state index contributed by atoms with van der Waals surface area (Å²) < 4.78 is 27.6. The largest absolute Gasteiger partial charge is 0.307 e. The number of pyridine rings is 1. The fourth-order valence-corrected chi connectivity index (χ4v) is 4.46. The fourth-order valence-electron chi connectivity index (χ4n) is 2.44. The van der Waals surface area contributed by atoms with E-state index in [2.05, 4.69) is 31.2 Å². The number of nitrogens with zero attached hydrogens (tertiary/aromatic N) is 3. The molecule has 7 nitrogen and oxygen atoms in total. The zero-order valence-electron chi connectivity index (χ0n) is 12.1. The van der Waals surface area contributed by atoms with Gasteiger partial charge in [-0.25, -0.2) is 19.2 Å². The Morgan fingerprint density at radius 2 is 2.10 bits per heavy atom. The molecule has 2 rings (SSSR count). The molecule has 1 aliphatic rings. The second kappa shape index (κ2) is 6.57. The second-order valence-corrected chi connectivity index (χ2v) is 8.08. The number of hydrogen-bond donors (Lipinski definition) is 2. The van der Waals surface area contributed by atoms with E-state index >= 15 is 0 Å². The van der Waals surface area contributed by atoms with Gasteiger partial charge in [0.05, 0.1) is 0 Å². The highest BCUT2D eigenvalue weighted by Gasteiger charge is 2.32. The lowest BCUT2D eigenvalue weighted by molar-refractivity contribution is 0.197. The van der Waals surface area contributed by atoms with Gasteiger partial charge in [-0.05, 0) is 55.0 Å². The molecule has 118 valence electrons. The number of hydrogen-bond acceptors (Lipinski definition) is 6. The summed E-state index contributed by atoms with van der Waals surface area (Å²) in [5, 5.41) is 0. The van der Waals surface area contributed by atoms with Gasteiger partial charge in [-0.3, -0.25) is 0 Å². The molecule has 1 aromatic heterocycles. The van der Waals surface area contributed by atoms with Crippen LogP contribution in [0, 0.1) is 0 Å². The van der Waals surface area contributed by atoms with Crippen molar-refractivity contribution in [3.8, 4) is 0 Å². The summed E-state index contributed by atoms with van der Waals surface area (Å²) >= 11 is 3.25. The first-order valence-electron chi connectivity index (χ1n) is 6.65. The van der Waals surface area contributed by atoms with E-state index in [9.17, 15) is 8.42 Å². The van der Waals surface area contributed by atoms with Crippen LogP contribution in [0.5, 0.6) is 0 Å². The van der Waals surface area contributed by atoms with Crippen LogP contribution in [0.4, 0.5) is 5.82 Å². The first-order valence-corrected chi connectivity index (χ1v) is 8.88. The summed E-state index contributed by atoms with van der Waals surface area (Å²) in [6.07, 6.45) is 3.14. The molecule has 0 unspecified atom stereocenters. The van der Waals surface area contributed by atoms with Gasteiger partial charge in [-0.15, -0.1) is 0 Å². The van der Waals surface area contributed by atoms with Crippen LogP contribution in [0.15, 0.2) is 21.6 Å². The third kappa shape index (κ3) is 3.54. The van der Waals surface area contributed by atoms with Crippen LogP contribution in [0.1, 0.15) is 12.8 Å². The number of rotatable bonds is 4. The molecule has 2 heterocycles. The fraction of sp³-hybridized carbons (Fsp3) is 0.583. The zero-order chi connectivity index (χ0) is 15.6. The SMILES string of the molecule is CN1CCC(N(C)S(=O)(=O)c2cc(Br)cnc2NN)CC1. The van der Waals surface area contributed by atoms with Crippen LogP contribution in [0.2, 0.25) is 0 Å². The molecule has 0 aromatic carbocycles. The minimum Gasteiger partial charge on any atom is -0.307 e. The number of nitrogen functional groups attached to an aromatic ring is 1. The lowest BCUT2D eigenvalue weighted by atomic mass is 10.1. The molecule has 0 amide bonds. The molecule has 1 fully saturated rings. The molecule has 0 saturated carbocycles. The molecule has 0 atom stereocenters. The Bertz CT molecular complexity index is 602. The number of anilines is 1. The van der Waals surface area contributed by atoms with Crippen molar-refractivity contribution in [1.82, 2.24) is 14.2 Å². The highest BCUT2D eigenvalue weighted by Crippen LogP contribution is 2.28. The highest BCUT2D eigenvalue weighted by molar-refractivity contribution is 9.10. The Hall–Kier alpha value is -0.740. The minimum atomic E-state index is -3.64. The van der Waals surface area contributed by atoms with Gasteiger partial charge in [0.2, 0.25) is 10.0 Å². The molecule has 21 heavy (non-hydrogen) atoms. The first-order chi connectivity index (χ1) is 9.86. The van der Waals surface area contributed by atoms with E-state index in [-0.39, 0.29) is 16.8 Å². The lowest BCUT2D eigenvalue weighted by Gasteiger charge is -2.34. The number of hydrazine groups is 1. The molecule has 1 aliphatic heterocycles. The van der Waals surface area contributed by atoms with Crippen molar-refractivity contribution in [2.24, 2.45) is 5.84 Å². The number of halogens is 1. The maximum atomic E-state index is 12.8. The van der Waals surface area contributed by atoms with Crippen molar-refractivity contribution in [2.45, 2.75) is 23.8 Å². The predicted octanol–water partition coefficient (Wildman–Crippen LogP) is 0.844. The molecule has 1 aromatic rings. The molecular formula is C12H20BrN5O2S. The van der Waals surface area contributed by atoms with E-state index in [0.717, 1.165) is 25.9 Å². The second-order valence-electron chi connectivity index (χ2n) is 5.20. The van der Waals surface area contributed by atoms with Crippen LogP contribution < -0.4 is 11.3 Å². The van der Waals surface area contributed by atoms with E-state index in [1.54, 1.807) is 7.05 Å². The standard InChI is InChI=1S/C12H20BrN5O2S/c1-17-5-3-10(4-6-17)18(2)21(19,20)11-7-9(13)8-15-12(11)16-14/h7-8,10H,3-6,14H2,1-2H3,(H,15,16). The maximum Gasteiger partial charge on any atom is 0.246 e. The average Bonchev–Trinajstić information content (AvgIpc) is 2.47. The van der Waals surface area contributed by atoms with Crippen molar-refractivity contribution < 1.29 is 8.42 Å². The van der Waals surface area contributed by atoms with Gasteiger partial charge in [0.25, 0.3) is 0 Å². The molecule has 0 aliphatic carbocycles. The van der Waals surface area contributed by atoms with Crippen molar-refractivity contribution in [3.63, 3.8) is 0 Å². The monoisotopic (exact) mass is 377 g/mol. The molecule has 3 N–H and O–H groups in total. The van der Waals surface area contributed by atoms with E-state index in [4.69, 9.17) is 5.84 Å². The third-order valence-electron chi connectivity index (χ3n) is 3.82. The predicted molar refractivity (Wildman–Crippen MR) is 85.2 cm³/mol. The normalized spacial score (nSPS) is 18.1. The summed E-state index contributed by atoms with van der Waals surface area (Å²) in [4.78, 5) is 6.29. The highest BCUT2D eigenvalue weighted by atomic mass is 79.9. The summed E-state index contributed by atoms with van der Waals surface area (Å²) in [6, 6.07) is 1.51. The molecule has 0 bridgehead atoms. The van der Waals surface area contributed by atoms with Gasteiger partial charge < -0.3 is 10.3 Å². The summed E-state index contributed by atoms with van der Waals surface area (Å²) in [5.74, 6) is 5.53. The third-order valence-corrected chi connectivity index (χ3v) is 6.17. The summed E-state index contributed by atoms with van der Waals surface area (Å²) in [5.41, 5.74) is 2.35. The van der Waals surface area contributed by atoms with Crippen LogP contribution in [-0.2, 0) is 10.0 Å². The molecule has 1 saturated heterocycles. The lowest BCUT2D eigenvalue weighted by Crippen LogP contribution is -2.44. The number of aromatic nitrogens is 1. The molecule has 0 spiro atoms. The van der Waals surface area contributed by atoms with Crippen molar-refractivity contribution in [3.05, 3.63) is 16.7 Å². The Morgan fingerprint density at radius 3 is 2.67 bits per heavy atom. The van der Waals surface area contributed by atoms with Gasteiger partial charge in [0.15, 0.2) is 5.82 Å². The van der Waals surface area contributed by atoms with E-state index in [0.29, 0.717) is 4.47 Å². The smallest absolute Gasteiger partial charge is 0.246 e.